The summed E-state index contributed by atoms with van der Waals surface area (Å²) in [5.74, 6) is 1.82. The van der Waals surface area contributed by atoms with Crippen LogP contribution < -0.4 is 19.5 Å². The zero-order valence-electron chi connectivity index (χ0n) is 12.4. The number of hydrogen-bond donors (Lipinski definition) is 1. The molecule has 0 saturated heterocycles. The molecule has 1 aromatic carbocycles. The topological polar surface area (TPSA) is 65.5 Å². The van der Waals surface area contributed by atoms with Gasteiger partial charge in [0.25, 0.3) is 0 Å². The average Bonchev–Trinajstić information content (AvgIpc) is 2.53. The Labute approximate surface area is 124 Å². The van der Waals surface area contributed by atoms with Crippen LogP contribution in [-0.2, 0) is 6.54 Å². The summed E-state index contributed by atoms with van der Waals surface area (Å²) in [6, 6.07) is 7.75. The smallest absolute Gasteiger partial charge is 0.225 e. The van der Waals surface area contributed by atoms with E-state index in [2.05, 4.69) is 15.3 Å². The molecule has 0 radical (unpaired) electrons. The van der Waals surface area contributed by atoms with Gasteiger partial charge in [-0.15, -0.1) is 0 Å². The summed E-state index contributed by atoms with van der Waals surface area (Å²) in [4.78, 5) is 8.17. The Morgan fingerprint density at radius 3 is 2.43 bits per heavy atom. The van der Waals surface area contributed by atoms with Crippen LogP contribution in [0.25, 0.3) is 0 Å². The van der Waals surface area contributed by atoms with Crippen molar-refractivity contribution in [3.8, 4) is 17.5 Å². The minimum absolute atomic E-state index is 0.489. The quantitative estimate of drug-likeness (QED) is 0.845. The van der Waals surface area contributed by atoms with Gasteiger partial charge >= 0.3 is 0 Å². The molecule has 2 rings (SSSR count). The summed E-state index contributed by atoms with van der Waals surface area (Å²) in [5, 5.41) is 3.29. The first-order valence-electron chi connectivity index (χ1n) is 6.67. The molecule has 0 unspecified atom stereocenters. The fraction of sp³-hybridized carbons (Fsp3) is 0.333. The molecular weight excluding hydrogens is 270 g/mol. The maximum absolute atomic E-state index is 5.47. The van der Waals surface area contributed by atoms with E-state index in [-0.39, 0.29) is 0 Å². The van der Waals surface area contributed by atoms with Gasteiger partial charge in [-0.25, -0.2) is 9.97 Å². The molecule has 0 bridgehead atoms. The number of rotatable bonds is 7. The second kappa shape index (κ2) is 7.33. The maximum Gasteiger partial charge on any atom is 0.225 e. The van der Waals surface area contributed by atoms with Gasteiger partial charge < -0.3 is 19.5 Å². The number of methoxy groups -OCH3 is 2. The Morgan fingerprint density at radius 1 is 1.10 bits per heavy atom. The van der Waals surface area contributed by atoms with Crippen LogP contribution >= 0.6 is 0 Å². The number of hydrogen-bond acceptors (Lipinski definition) is 6. The van der Waals surface area contributed by atoms with E-state index in [0.717, 1.165) is 17.0 Å². The lowest BCUT2D eigenvalue weighted by Crippen LogP contribution is -2.06. The van der Waals surface area contributed by atoms with Crippen molar-refractivity contribution in [1.82, 2.24) is 9.97 Å². The molecule has 6 nitrogen and oxygen atoms in total. The second-order valence-electron chi connectivity index (χ2n) is 4.19. The van der Waals surface area contributed by atoms with Crippen molar-refractivity contribution in [2.24, 2.45) is 0 Å². The van der Waals surface area contributed by atoms with Gasteiger partial charge in [0.05, 0.1) is 32.9 Å². The van der Waals surface area contributed by atoms with E-state index in [1.54, 1.807) is 14.2 Å². The molecule has 1 N–H and O–H groups in total. The van der Waals surface area contributed by atoms with Crippen molar-refractivity contribution in [3.05, 3.63) is 36.2 Å². The zero-order valence-corrected chi connectivity index (χ0v) is 12.4. The lowest BCUT2D eigenvalue weighted by atomic mass is 10.2. The molecule has 112 valence electrons. The maximum atomic E-state index is 5.47. The third kappa shape index (κ3) is 3.75. The number of aromatic nitrogens is 2. The molecule has 0 amide bonds. The van der Waals surface area contributed by atoms with E-state index in [9.17, 15) is 0 Å². The standard InChI is InChI=1S/C15H19N3O3/c1-4-21-12-7-5-6-11(8-12)16-9-13-14(19-2)17-10-18-15(13)20-3/h5-8,10,16H,4,9H2,1-3H3. The third-order valence-electron chi connectivity index (χ3n) is 2.87. The molecule has 0 fully saturated rings. The van der Waals surface area contributed by atoms with Crippen LogP contribution in [0, 0.1) is 0 Å². The molecule has 1 aromatic heterocycles. The minimum Gasteiger partial charge on any atom is -0.494 e. The van der Waals surface area contributed by atoms with Gasteiger partial charge in [-0.1, -0.05) is 6.07 Å². The highest BCUT2D eigenvalue weighted by molar-refractivity contribution is 5.49. The molecule has 0 atom stereocenters. The first-order chi connectivity index (χ1) is 10.3. The first-order valence-corrected chi connectivity index (χ1v) is 6.67. The lowest BCUT2D eigenvalue weighted by molar-refractivity contribution is 0.340. The van der Waals surface area contributed by atoms with Gasteiger partial charge in [-0.3, -0.25) is 0 Å². The van der Waals surface area contributed by atoms with Gasteiger partial charge in [0, 0.05) is 11.8 Å². The summed E-state index contributed by atoms with van der Waals surface area (Å²) >= 11 is 0. The fourth-order valence-electron chi connectivity index (χ4n) is 1.94. The van der Waals surface area contributed by atoms with Crippen molar-refractivity contribution in [3.63, 3.8) is 0 Å². The summed E-state index contributed by atoms with van der Waals surface area (Å²) in [5.41, 5.74) is 1.71. The highest BCUT2D eigenvalue weighted by atomic mass is 16.5. The number of nitrogens with one attached hydrogen (secondary N) is 1. The van der Waals surface area contributed by atoms with Gasteiger partial charge in [-0.05, 0) is 19.1 Å². The van der Waals surface area contributed by atoms with Crippen LogP contribution in [0.2, 0.25) is 0 Å². The van der Waals surface area contributed by atoms with Crippen LogP contribution in [0.5, 0.6) is 17.5 Å². The molecule has 1 heterocycles. The summed E-state index contributed by atoms with van der Waals surface area (Å²) in [7, 11) is 3.14. The lowest BCUT2D eigenvalue weighted by Gasteiger charge is -2.13. The number of nitrogens with zero attached hydrogens (tertiary/aromatic N) is 2. The average molecular weight is 289 g/mol. The van der Waals surface area contributed by atoms with Crippen molar-refractivity contribution in [2.75, 3.05) is 26.1 Å². The first kappa shape index (κ1) is 14.9. The normalized spacial score (nSPS) is 10.0. The Balaban J connectivity index is 2.14. The Hall–Kier alpha value is -2.50. The molecule has 0 aliphatic rings. The number of benzene rings is 1. The van der Waals surface area contributed by atoms with E-state index in [1.165, 1.54) is 6.33 Å². The van der Waals surface area contributed by atoms with E-state index >= 15 is 0 Å². The molecule has 6 heteroatoms. The monoisotopic (exact) mass is 289 g/mol. The molecule has 0 spiro atoms. The Bertz CT molecular complexity index is 568. The van der Waals surface area contributed by atoms with E-state index < -0.39 is 0 Å². The summed E-state index contributed by atoms with van der Waals surface area (Å²) in [6.07, 6.45) is 1.41. The third-order valence-corrected chi connectivity index (χ3v) is 2.87. The summed E-state index contributed by atoms with van der Waals surface area (Å²) < 4.78 is 16.0. The van der Waals surface area contributed by atoms with Crippen molar-refractivity contribution < 1.29 is 14.2 Å². The van der Waals surface area contributed by atoms with Gasteiger partial charge in [0.15, 0.2) is 0 Å². The van der Waals surface area contributed by atoms with Gasteiger partial charge in [0.2, 0.25) is 11.8 Å². The van der Waals surface area contributed by atoms with Crippen molar-refractivity contribution in [2.45, 2.75) is 13.5 Å². The minimum atomic E-state index is 0.489. The Kier molecular flexibility index (Phi) is 5.20. The Morgan fingerprint density at radius 2 is 1.81 bits per heavy atom. The molecule has 0 aliphatic carbocycles. The van der Waals surface area contributed by atoms with Crippen LogP contribution in [0.15, 0.2) is 30.6 Å². The zero-order chi connectivity index (χ0) is 15.1. The number of anilines is 1. The largest absolute Gasteiger partial charge is 0.494 e. The van der Waals surface area contributed by atoms with Gasteiger partial charge in [-0.2, -0.15) is 0 Å². The van der Waals surface area contributed by atoms with Crippen LogP contribution in [-0.4, -0.2) is 30.8 Å². The molecule has 2 aromatic rings. The van der Waals surface area contributed by atoms with E-state index in [0.29, 0.717) is 24.9 Å². The predicted octanol–water partition coefficient (Wildman–Crippen LogP) is 2.50. The second-order valence-corrected chi connectivity index (χ2v) is 4.19. The molecular formula is C15H19N3O3. The van der Waals surface area contributed by atoms with Crippen LogP contribution in [0.4, 0.5) is 5.69 Å². The highest BCUT2D eigenvalue weighted by Gasteiger charge is 2.12. The van der Waals surface area contributed by atoms with Crippen molar-refractivity contribution >= 4 is 5.69 Å². The number of ether oxygens (including phenoxy) is 3. The van der Waals surface area contributed by atoms with Crippen LogP contribution in [0.3, 0.4) is 0 Å². The highest BCUT2D eigenvalue weighted by Crippen LogP contribution is 2.25. The molecule has 0 aliphatic heterocycles. The van der Waals surface area contributed by atoms with E-state index in [1.807, 2.05) is 31.2 Å². The fourth-order valence-corrected chi connectivity index (χ4v) is 1.94. The van der Waals surface area contributed by atoms with Crippen LogP contribution in [0.1, 0.15) is 12.5 Å². The molecule has 21 heavy (non-hydrogen) atoms. The summed E-state index contributed by atoms with van der Waals surface area (Å²) in [6.45, 7) is 3.08. The van der Waals surface area contributed by atoms with Crippen molar-refractivity contribution in [1.29, 1.82) is 0 Å². The van der Waals surface area contributed by atoms with Gasteiger partial charge in [0.1, 0.15) is 12.1 Å². The predicted molar refractivity (Wildman–Crippen MR) is 80.1 cm³/mol. The van der Waals surface area contributed by atoms with E-state index in [4.69, 9.17) is 14.2 Å². The molecule has 0 saturated carbocycles. The SMILES string of the molecule is CCOc1cccc(NCc2c(OC)ncnc2OC)c1.